The summed E-state index contributed by atoms with van der Waals surface area (Å²) in [7, 11) is 0. The third-order valence-electron chi connectivity index (χ3n) is 4.37. The maximum Gasteiger partial charge on any atom is 0.416 e. The van der Waals surface area contributed by atoms with Gasteiger partial charge in [-0.25, -0.2) is 23.7 Å². The molecule has 194 valence electrons. The molecule has 2 aromatic heterocycles. The maximum atomic E-state index is 13.1. The summed E-state index contributed by atoms with van der Waals surface area (Å²) in [5.74, 6) is -1.53. The molecule has 0 aliphatic carbocycles. The summed E-state index contributed by atoms with van der Waals surface area (Å²) in [4.78, 5) is 24.4. The quantitative estimate of drug-likeness (QED) is 0.391. The number of benzene rings is 1. The molecule has 0 saturated carbocycles. The molecule has 36 heavy (non-hydrogen) atoms. The Morgan fingerprint density at radius 1 is 1.06 bits per heavy atom. The van der Waals surface area contributed by atoms with E-state index in [1.807, 2.05) is 0 Å². The molecular formula is C19H13BrF8N6O2. The standard InChI is InChI=1S/C19H13BrF8N6O2/c1-8(31-15(35)9-2-10(18(23,24)25)4-11(3-9)19(26,27)28)14-32-16(20)33-34(14)17-29-5-12(6-30-17)36-7-13(21)22/h2-6,8,13H,7H2,1H3,(H,31,35). The van der Waals surface area contributed by atoms with Crippen LogP contribution >= 0.6 is 15.9 Å². The van der Waals surface area contributed by atoms with Gasteiger partial charge >= 0.3 is 12.4 Å². The Morgan fingerprint density at radius 3 is 2.11 bits per heavy atom. The number of carbonyl (C=O) groups is 1. The summed E-state index contributed by atoms with van der Waals surface area (Å²) in [6.45, 7) is 0.445. The fraction of sp³-hybridized carbons (Fsp3) is 0.316. The fourth-order valence-electron chi connectivity index (χ4n) is 2.81. The van der Waals surface area contributed by atoms with Crippen molar-refractivity contribution in [2.45, 2.75) is 31.7 Å². The van der Waals surface area contributed by atoms with Crippen LogP contribution in [0.3, 0.4) is 0 Å². The van der Waals surface area contributed by atoms with Crippen molar-refractivity contribution in [3.63, 3.8) is 0 Å². The number of ether oxygens (including phenoxy) is 1. The molecule has 0 bridgehead atoms. The van der Waals surface area contributed by atoms with Crippen LogP contribution in [0.5, 0.6) is 5.75 Å². The molecule has 1 aromatic carbocycles. The highest BCUT2D eigenvalue weighted by Crippen LogP contribution is 2.36. The van der Waals surface area contributed by atoms with E-state index in [0.717, 1.165) is 17.1 Å². The van der Waals surface area contributed by atoms with Gasteiger partial charge in [0, 0.05) is 5.56 Å². The van der Waals surface area contributed by atoms with Crippen molar-refractivity contribution in [1.29, 1.82) is 0 Å². The molecule has 1 amide bonds. The van der Waals surface area contributed by atoms with Crippen LogP contribution in [0, 0.1) is 0 Å². The summed E-state index contributed by atoms with van der Waals surface area (Å²) in [5.41, 5.74) is -4.18. The van der Waals surface area contributed by atoms with Crippen molar-refractivity contribution in [2.75, 3.05) is 6.61 Å². The molecule has 17 heteroatoms. The molecule has 0 saturated heterocycles. The van der Waals surface area contributed by atoms with Gasteiger partial charge < -0.3 is 10.1 Å². The summed E-state index contributed by atoms with van der Waals surface area (Å²) >= 11 is 3.01. The number of amides is 1. The molecule has 1 atom stereocenters. The van der Waals surface area contributed by atoms with Crippen LogP contribution in [0.15, 0.2) is 35.3 Å². The van der Waals surface area contributed by atoms with E-state index in [9.17, 15) is 39.9 Å². The van der Waals surface area contributed by atoms with Crippen LogP contribution in [-0.4, -0.2) is 43.7 Å². The van der Waals surface area contributed by atoms with E-state index >= 15 is 0 Å². The molecule has 2 heterocycles. The number of nitrogens with zero attached hydrogens (tertiary/aromatic N) is 5. The first-order chi connectivity index (χ1) is 16.6. The monoisotopic (exact) mass is 588 g/mol. The molecule has 0 fully saturated rings. The Labute approximate surface area is 204 Å². The van der Waals surface area contributed by atoms with Gasteiger partial charge in [-0.05, 0) is 41.1 Å². The normalized spacial score (nSPS) is 13.1. The first-order valence-electron chi connectivity index (χ1n) is 9.61. The van der Waals surface area contributed by atoms with E-state index in [1.165, 1.54) is 6.92 Å². The van der Waals surface area contributed by atoms with Gasteiger partial charge in [-0.15, -0.1) is 5.10 Å². The van der Waals surface area contributed by atoms with Crippen LogP contribution < -0.4 is 10.1 Å². The highest BCUT2D eigenvalue weighted by Gasteiger charge is 2.37. The minimum Gasteiger partial charge on any atom is -0.484 e. The number of hydrogen-bond donors (Lipinski definition) is 1. The van der Waals surface area contributed by atoms with E-state index in [1.54, 1.807) is 0 Å². The number of rotatable bonds is 7. The molecule has 0 radical (unpaired) electrons. The number of alkyl halides is 8. The van der Waals surface area contributed by atoms with Gasteiger partial charge in [-0.1, -0.05) is 0 Å². The Kier molecular flexibility index (Phi) is 7.80. The van der Waals surface area contributed by atoms with Crippen molar-refractivity contribution in [1.82, 2.24) is 30.0 Å². The third-order valence-corrected chi connectivity index (χ3v) is 4.71. The molecule has 1 N–H and O–H groups in total. The highest BCUT2D eigenvalue weighted by molar-refractivity contribution is 9.10. The van der Waals surface area contributed by atoms with Crippen LogP contribution in [0.1, 0.15) is 40.3 Å². The zero-order valence-corrected chi connectivity index (χ0v) is 19.3. The van der Waals surface area contributed by atoms with E-state index in [-0.39, 0.29) is 28.3 Å². The smallest absolute Gasteiger partial charge is 0.416 e. The second-order valence-corrected chi connectivity index (χ2v) is 7.77. The van der Waals surface area contributed by atoms with Crippen molar-refractivity contribution in [2.24, 2.45) is 0 Å². The minimum atomic E-state index is -5.13. The second kappa shape index (κ2) is 10.3. The molecular weight excluding hydrogens is 576 g/mol. The van der Waals surface area contributed by atoms with Gasteiger partial charge in [0.05, 0.1) is 29.6 Å². The minimum absolute atomic E-state index is 0.0151. The van der Waals surface area contributed by atoms with E-state index in [4.69, 9.17) is 4.74 Å². The summed E-state index contributed by atoms with van der Waals surface area (Å²) < 4.78 is 109. The number of carbonyl (C=O) groups excluding carboxylic acids is 1. The molecule has 0 aliphatic rings. The zero-order chi connectivity index (χ0) is 26.8. The van der Waals surface area contributed by atoms with Crippen molar-refractivity contribution < 1.29 is 44.7 Å². The molecule has 3 aromatic rings. The van der Waals surface area contributed by atoms with Gasteiger partial charge in [0.25, 0.3) is 18.3 Å². The Bertz CT molecular complexity index is 1200. The third kappa shape index (κ3) is 6.64. The van der Waals surface area contributed by atoms with Gasteiger partial charge in [-0.2, -0.15) is 31.0 Å². The topological polar surface area (TPSA) is 94.8 Å². The Morgan fingerprint density at radius 2 is 1.61 bits per heavy atom. The lowest BCUT2D eigenvalue weighted by Crippen LogP contribution is -2.29. The van der Waals surface area contributed by atoms with Crippen LogP contribution in [0.2, 0.25) is 0 Å². The highest BCUT2D eigenvalue weighted by atomic mass is 79.9. The largest absolute Gasteiger partial charge is 0.484 e. The number of nitrogens with one attached hydrogen (secondary N) is 1. The average Bonchev–Trinajstić information content (AvgIpc) is 3.18. The predicted octanol–water partition coefficient (Wildman–Crippen LogP) is 4.99. The van der Waals surface area contributed by atoms with Crippen molar-refractivity contribution in [3.05, 3.63) is 57.8 Å². The van der Waals surface area contributed by atoms with E-state index < -0.39 is 54.0 Å². The fourth-order valence-corrected chi connectivity index (χ4v) is 3.15. The average molecular weight is 589 g/mol. The summed E-state index contributed by atoms with van der Waals surface area (Å²) in [5, 5.41) is 6.22. The number of hydrogen-bond acceptors (Lipinski definition) is 6. The SMILES string of the molecule is CC(NC(=O)c1cc(C(F)(F)F)cc(C(F)(F)F)c1)c1nc(Br)nn1-c1ncc(OCC(F)F)cn1. The zero-order valence-electron chi connectivity index (χ0n) is 17.7. The molecule has 0 spiro atoms. The lowest BCUT2D eigenvalue weighted by molar-refractivity contribution is -0.143. The van der Waals surface area contributed by atoms with Crippen molar-refractivity contribution >= 4 is 21.8 Å². The summed E-state index contributed by atoms with van der Waals surface area (Å²) in [6, 6.07) is -0.628. The first kappa shape index (κ1) is 27.2. The van der Waals surface area contributed by atoms with Gasteiger partial charge in [0.1, 0.15) is 6.61 Å². The van der Waals surface area contributed by atoms with E-state index in [0.29, 0.717) is 12.1 Å². The second-order valence-electron chi connectivity index (χ2n) is 7.06. The van der Waals surface area contributed by atoms with Crippen LogP contribution in [0.4, 0.5) is 35.1 Å². The Balaban J connectivity index is 1.87. The number of halogens is 9. The van der Waals surface area contributed by atoms with Gasteiger partial charge in [0.15, 0.2) is 11.6 Å². The van der Waals surface area contributed by atoms with Gasteiger partial charge in [0.2, 0.25) is 4.73 Å². The predicted molar refractivity (Wildman–Crippen MR) is 108 cm³/mol. The Hall–Kier alpha value is -3.37. The lowest BCUT2D eigenvalue weighted by atomic mass is 10.0. The van der Waals surface area contributed by atoms with Crippen molar-refractivity contribution in [3.8, 4) is 11.7 Å². The van der Waals surface area contributed by atoms with Gasteiger partial charge in [-0.3, -0.25) is 4.79 Å². The van der Waals surface area contributed by atoms with E-state index in [2.05, 4.69) is 41.3 Å². The van der Waals surface area contributed by atoms with Crippen LogP contribution in [0.25, 0.3) is 5.95 Å². The molecule has 3 rings (SSSR count). The molecule has 1 unspecified atom stereocenters. The number of aromatic nitrogens is 5. The first-order valence-corrected chi connectivity index (χ1v) is 10.4. The summed E-state index contributed by atoms with van der Waals surface area (Å²) in [6.07, 6.45) is -10.9. The maximum absolute atomic E-state index is 13.1. The van der Waals surface area contributed by atoms with Crippen LogP contribution in [-0.2, 0) is 12.4 Å². The molecule has 0 aliphatic heterocycles. The lowest BCUT2D eigenvalue weighted by Gasteiger charge is -2.16. The molecule has 8 nitrogen and oxygen atoms in total.